The summed E-state index contributed by atoms with van der Waals surface area (Å²) in [6, 6.07) is 11.4. The first-order chi connectivity index (χ1) is 20.2. The van der Waals surface area contributed by atoms with E-state index in [1.807, 2.05) is 0 Å². The zero-order valence-electron chi connectivity index (χ0n) is 23.7. The molecule has 0 radical (unpaired) electrons. The van der Waals surface area contributed by atoms with Gasteiger partial charge >= 0.3 is 35.5 Å². The largest absolute Gasteiger partial charge is 1.00 e. The van der Waals surface area contributed by atoms with Gasteiger partial charge in [-0.15, -0.1) is 0 Å². The summed E-state index contributed by atoms with van der Waals surface area (Å²) in [7, 11) is -8.97. The molecular formula is C28H29N4NaO9S2. The molecule has 16 heteroatoms. The van der Waals surface area contributed by atoms with Gasteiger partial charge in [0.25, 0.3) is 0 Å². The van der Waals surface area contributed by atoms with Gasteiger partial charge in [-0.3, -0.25) is 14.4 Å². The normalized spacial score (nSPS) is 13.4. The average molecular weight is 653 g/mol. The third kappa shape index (κ3) is 7.73. The predicted octanol–water partition coefficient (Wildman–Crippen LogP) is -1.36. The fraction of sp³-hybridized carbons (Fsp3) is 0.250. The molecule has 0 amide bonds. The van der Waals surface area contributed by atoms with Crippen molar-refractivity contribution in [3.63, 3.8) is 0 Å². The van der Waals surface area contributed by atoms with Crippen LogP contribution < -0.4 is 51.7 Å². The number of ketones is 2. The number of hydrogen-bond donors (Lipinski definition) is 5. The molecule has 0 unspecified atom stereocenters. The molecule has 44 heavy (non-hydrogen) atoms. The molecule has 0 fully saturated rings. The molecule has 3 aromatic rings. The van der Waals surface area contributed by atoms with Gasteiger partial charge in [-0.1, -0.05) is 36.8 Å². The molecule has 0 heterocycles. The van der Waals surface area contributed by atoms with Crippen LogP contribution in [0.5, 0.6) is 0 Å². The molecule has 1 aliphatic rings. The minimum atomic E-state index is -5.17. The van der Waals surface area contributed by atoms with Crippen molar-refractivity contribution in [3.05, 3.63) is 76.9 Å². The van der Waals surface area contributed by atoms with Crippen molar-refractivity contribution in [1.82, 2.24) is 5.32 Å². The second kappa shape index (κ2) is 14.3. The number of aliphatic carboxylic acids is 1. The summed E-state index contributed by atoms with van der Waals surface area (Å²) in [5, 5.41) is 14.6. The second-order valence-electron chi connectivity index (χ2n) is 9.91. The number of sulfone groups is 1. The maximum absolute atomic E-state index is 13.5. The van der Waals surface area contributed by atoms with Crippen molar-refractivity contribution in [1.29, 1.82) is 0 Å². The fourth-order valence-corrected chi connectivity index (χ4v) is 6.58. The SMILES string of the molecule is Nc1c(S(=O)(=O)[O-])cc(Nc2cccc(S(=O)(=O)CCNCCCC[C@H](N)C(=O)O)c2)c2c1C(=O)c1ccccc1C2=O.[Na+]. The zero-order chi connectivity index (χ0) is 31.5. The maximum Gasteiger partial charge on any atom is 1.00 e. The number of carbonyl (C=O) groups excluding carboxylic acids is 2. The summed E-state index contributed by atoms with van der Waals surface area (Å²) in [5.41, 5.74) is 10.1. The number of fused-ring (bicyclic) bond motifs is 2. The van der Waals surface area contributed by atoms with Gasteiger partial charge in [-0.05, 0) is 43.7 Å². The topological polar surface area (TPSA) is 239 Å². The Morgan fingerprint density at radius 1 is 0.909 bits per heavy atom. The molecule has 7 N–H and O–H groups in total. The molecular weight excluding hydrogens is 623 g/mol. The van der Waals surface area contributed by atoms with Crippen molar-refractivity contribution < 1.29 is 70.4 Å². The van der Waals surface area contributed by atoms with Gasteiger partial charge < -0.3 is 31.8 Å². The Labute approximate surface area is 276 Å². The van der Waals surface area contributed by atoms with Gasteiger partial charge in [-0.25, -0.2) is 16.8 Å². The number of carboxylic acid groups (broad SMARTS) is 1. The van der Waals surface area contributed by atoms with Crippen molar-refractivity contribution in [3.8, 4) is 0 Å². The number of carboxylic acids is 1. The van der Waals surface area contributed by atoms with Crippen molar-refractivity contribution in [2.24, 2.45) is 5.73 Å². The predicted molar refractivity (Wildman–Crippen MR) is 156 cm³/mol. The van der Waals surface area contributed by atoms with Gasteiger partial charge in [0.05, 0.1) is 38.0 Å². The minimum absolute atomic E-state index is 0. The van der Waals surface area contributed by atoms with Crippen molar-refractivity contribution in [2.75, 3.05) is 29.9 Å². The van der Waals surface area contributed by atoms with E-state index in [1.165, 1.54) is 42.5 Å². The molecule has 13 nitrogen and oxygen atoms in total. The van der Waals surface area contributed by atoms with E-state index in [1.54, 1.807) is 6.07 Å². The first-order valence-electron chi connectivity index (χ1n) is 13.1. The molecule has 1 atom stereocenters. The number of anilines is 3. The smallest absolute Gasteiger partial charge is 0.744 e. The zero-order valence-corrected chi connectivity index (χ0v) is 27.3. The molecule has 0 spiro atoms. The summed E-state index contributed by atoms with van der Waals surface area (Å²) in [6.07, 6.45) is 1.48. The summed E-state index contributed by atoms with van der Waals surface area (Å²) in [5.74, 6) is -2.70. The first-order valence-corrected chi connectivity index (χ1v) is 16.2. The van der Waals surface area contributed by atoms with Crippen LogP contribution in [0.3, 0.4) is 0 Å². The van der Waals surface area contributed by atoms with Crippen LogP contribution in [0, 0.1) is 0 Å². The number of nitrogens with two attached hydrogens (primary N) is 2. The Hall–Kier alpha value is -3.15. The van der Waals surface area contributed by atoms with E-state index in [0.717, 1.165) is 6.07 Å². The number of hydrogen-bond acceptors (Lipinski definition) is 12. The third-order valence-corrected chi connectivity index (χ3v) is 9.52. The number of unbranched alkanes of at least 4 members (excludes halogenated alkanes) is 1. The Morgan fingerprint density at radius 3 is 2.16 bits per heavy atom. The van der Waals surface area contributed by atoms with E-state index in [4.69, 9.17) is 16.6 Å². The monoisotopic (exact) mass is 652 g/mol. The van der Waals surface area contributed by atoms with Crippen LogP contribution >= 0.6 is 0 Å². The van der Waals surface area contributed by atoms with Gasteiger partial charge in [0.15, 0.2) is 21.4 Å². The van der Waals surface area contributed by atoms with Crippen LogP contribution in [0.15, 0.2) is 64.4 Å². The summed E-state index contributed by atoms with van der Waals surface area (Å²) < 4.78 is 62.1. The second-order valence-corrected chi connectivity index (χ2v) is 13.4. The molecule has 0 bridgehead atoms. The number of rotatable bonds is 13. The Bertz CT molecular complexity index is 1830. The molecule has 0 aliphatic heterocycles. The Kier molecular flexibility index (Phi) is 11.5. The maximum atomic E-state index is 13.5. The molecule has 228 valence electrons. The van der Waals surface area contributed by atoms with Crippen LogP contribution in [0.4, 0.5) is 17.1 Å². The van der Waals surface area contributed by atoms with Crippen LogP contribution in [0.1, 0.15) is 51.1 Å². The molecule has 3 aromatic carbocycles. The fourth-order valence-electron chi connectivity index (χ4n) is 4.71. The number of carbonyl (C=O) groups is 3. The van der Waals surface area contributed by atoms with E-state index in [2.05, 4.69) is 10.6 Å². The van der Waals surface area contributed by atoms with E-state index < -0.39 is 59.7 Å². The van der Waals surface area contributed by atoms with Crippen LogP contribution in [-0.4, -0.2) is 68.9 Å². The van der Waals surface area contributed by atoms with Gasteiger partial charge in [0.2, 0.25) is 0 Å². The molecule has 1 aliphatic carbocycles. The number of benzene rings is 3. The van der Waals surface area contributed by atoms with Crippen molar-refractivity contribution >= 4 is 54.6 Å². The van der Waals surface area contributed by atoms with Gasteiger partial charge in [0.1, 0.15) is 16.2 Å². The summed E-state index contributed by atoms with van der Waals surface area (Å²) in [6.45, 7) is 0.587. The number of nitrogen functional groups attached to an aromatic ring is 1. The average Bonchev–Trinajstić information content (AvgIpc) is 2.95. The molecule has 0 aromatic heterocycles. The first kappa shape index (κ1) is 35.3. The molecule has 0 saturated carbocycles. The summed E-state index contributed by atoms with van der Waals surface area (Å²) in [4.78, 5) is 36.6. The van der Waals surface area contributed by atoms with E-state index >= 15 is 0 Å². The minimum Gasteiger partial charge on any atom is -0.744 e. The van der Waals surface area contributed by atoms with E-state index in [9.17, 15) is 35.8 Å². The Balaban J connectivity index is 0.00000529. The van der Waals surface area contributed by atoms with Crippen molar-refractivity contribution in [2.45, 2.75) is 35.1 Å². The summed E-state index contributed by atoms with van der Waals surface area (Å²) >= 11 is 0. The van der Waals surface area contributed by atoms with E-state index in [-0.39, 0.29) is 74.8 Å². The van der Waals surface area contributed by atoms with Crippen LogP contribution in [0.25, 0.3) is 0 Å². The van der Waals surface area contributed by atoms with Gasteiger partial charge in [-0.2, -0.15) is 0 Å². The Morgan fingerprint density at radius 2 is 1.55 bits per heavy atom. The standard InChI is InChI=1S/C28H30N4O9S2.Na/c29-20(28(35)36)10-3-4-11-31-12-13-42(37,38)17-7-5-6-16(14-17)32-21-15-22(43(39,40)41)25(30)24-23(21)26(33)18-8-1-2-9-19(18)27(24)34;/h1-2,5-9,14-15,20,31-32H,3-4,10-13,29-30H2,(H,35,36)(H,39,40,41);/q;+1/p-1/t20-;/m0./s1. The molecule has 4 rings (SSSR count). The van der Waals surface area contributed by atoms with Crippen LogP contribution in [-0.2, 0) is 24.7 Å². The van der Waals surface area contributed by atoms with E-state index in [0.29, 0.717) is 25.8 Å². The van der Waals surface area contributed by atoms with Gasteiger partial charge in [0, 0.05) is 23.4 Å². The molecule has 0 saturated heterocycles. The van der Waals surface area contributed by atoms with Crippen LogP contribution in [0.2, 0.25) is 0 Å². The number of nitrogens with one attached hydrogen (secondary N) is 2. The quantitative estimate of drug-likeness (QED) is 0.0486. The third-order valence-electron chi connectivity index (χ3n) is 6.92.